The van der Waals surface area contributed by atoms with E-state index >= 15 is 0 Å². The molecule has 4 heterocycles. The molecule has 5 rings (SSSR count). The second-order valence-electron chi connectivity index (χ2n) is 11.1. The SMILES string of the molecule is C1CCN2C[C@H]3C[C@H](CN4CCCC[C@@H]34)[C@H]2C1.[CH3][Ge]([c]1ccccc1)[C](C)(C)C.[Li]. The third kappa shape index (κ3) is 5.79. The molecule has 4 aliphatic heterocycles. The molecular formula is C26H43GeLiN2. The van der Waals surface area contributed by atoms with Gasteiger partial charge in [0.25, 0.3) is 0 Å². The van der Waals surface area contributed by atoms with E-state index < -0.39 is 14.3 Å². The minimum atomic E-state index is -1.02. The van der Waals surface area contributed by atoms with E-state index in [1.165, 1.54) is 64.7 Å². The summed E-state index contributed by atoms with van der Waals surface area (Å²) in [5.41, 5.74) is 0. The fraction of sp³-hybridized carbons (Fsp3) is 0.769. The maximum atomic E-state index is 2.87. The molecule has 4 aliphatic rings. The largest absolute Gasteiger partial charge is 0 e. The fourth-order valence-electron chi connectivity index (χ4n) is 6.37. The first-order valence-corrected chi connectivity index (χ1v) is 16.5. The van der Waals surface area contributed by atoms with Crippen molar-refractivity contribution in [1.82, 2.24) is 9.80 Å². The van der Waals surface area contributed by atoms with Crippen LogP contribution in [0.5, 0.6) is 0 Å². The molecule has 0 amide bonds. The van der Waals surface area contributed by atoms with Crippen LogP contribution in [0.3, 0.4) is 0 Å². The molecule has 162 valence electrons. The van der Waals surface area contributed by atoms with Gasteiger partial charge in [0.05, 0.1) is 0 Å². The predicted octanol–water partition coefficient (Wildman–Crippen LogP) is 4.78. The first kappa shape index (κ1) is 24.9. The van der Waals surface area contributed by atoms with Crippen LogP contribution < -0.4 is 4.40 Å². The first-order valence-electron chi connectivity index (χ1n) is 12.3. The summed E-state index contributed by atoms with van der Waals surface area (Å²) < 4.78 is 2.13. The van der Waals surface area contributed by atoms with Gasteiger partial charge in [-0.15, -0.1) is 0 Å². The van der Waals surface area contributed by atoms with Crippen molar-refractivity contribution >= 4 is 37.6 Å². The number of benzene rings is 1. The monoisotopic (exact) mass is 464 g/mol. The van der Waals surface area contributed by atoms with Crippen molar-refractivity contribution in [3.63, 3.8) is 0 Å². The minimum Gasteiger partial charge on any atom is 0 e. The van der Waals surface area contributed by atoms with Crippen molar-refractivity contribution in [3.8, 4) is 0 Å². The van der Waals surface area contributed by atoms with Crippen molar-refractivity contribution < 1.29 is 0 Å². The summed E-state index contributed by atoms with van der Waals surface area (Å²) >= 11 is -1.02. The van der Waals surface area contributed by atoms with Gasteiger partial charge in [0.2, 0.25) is 0 Å². The molecule has 0 aliphatic carbocycles. The van der Waals surface area contributed by atoms with Gasteiger partial charge < -0.3 is 0 Å². The third-order valence-corrected chi connectivity index (χ3v) is 15.5. The molecule has 4 heteroatoms. The average molecular weight is 463 g/mol. The minimum absolute atomic E-state index is 0. The zero-order valence-corrected chi connectivity index (χ0v) is 22.5. The van der Waals surface area contributed by atoms with Crippen molar-refractivity contribution in [3.05, 3.63) is 30.3 Å². The number of rotatable bonds is 1. The number of piperidine rings is 4. The van der Waals surface area contributed by atoms with Crippen LogP contribution in [0.15, 0.2) is 30.3 Å². The van der Waals surface area contributed by atoms with E-state index in [-0.39, 0.29) is 18.9 Å². The second-order valence-corrected chi connectivity index (χ2v) is 18.1. The summed E-state index contributed by atoms with van der Waals surface area (Å²) in [6.07, 6.45) is 10.5. The van der Waals surface area contributed by atoms with Crippen LogP contribution >= 0.6 is 0 Å². The molecule has 2 radical (unpaired) electrons. The Balaban J connectivity index is 0.000000176. The van der Waals surface area contributed by atoms with E-state index in [1.54, 1.807) is 10.8 Å². The van der Waals surface area contributed by atoms with Crippen LogP contribution in [0.2, 0.25) is 10.0 Å². The van der Waals surface area contributed by atoms with Gasteiger partial charge in [-0.1, -0.05) is 12.8 Å². The Labute approximate surface area is 202 Å². The van der Waals surface area contributed by atoms with Gasteiger partial charge in [-0.05, 0) is 57.0 Å². The Morgan fingerprint density at radius 1 is 0.800 bits per heavy atom. The summed E-state index contributed by atoms with van der Waals surface area (Å²) in [6, 6.07) is 12.9. The summed E-state index contributed by atoms with van der Waals surface area (Å²) in [5.74, 6) is 4.49. The molecule has 2 bridgehead atoms. The normalized spacial score (nSPS) is 31.6. The van der Waals surface area contributed by atoms with Gasteiger partial charge >= 0.3 is 79.9 Å². The summed E-state index contributed by atoms with van der Waals surface area (Å²) in [5, 5.41) is 0. The van der Waals surface area contributed by atoms with Crippen LogP contribution in [-0.2, 0) is 0 Å². The maximum absolute atomic E-state index is 2.87. The van der Waals surface area contributed by atoms with Crippen LogP contribution in [0.4, 0.5) is 0 Å². The van der Waals surface area contributed by atoms with Crippen LogP contribution in [0, 0.1) is 11.8 Å². The molecule has 2 nitrogen and oxygen atoms in total. The van der Waals surface area contributed by atoms with E-state index in [4.69, 9.17) is 0 Å². The van der Waals surface area contributed by atoms with Gasteiger partial charge in [0.15, 0.2) is 0 Å². The molecule has 0 N–H and O–H groups in total. The summed E-state index contributed by atoms with van der Waals surface area (Å²) in [7, 11) is 0. The van der Waals surface area contributed by atoms with E-state index in [0.717, 1.165) is 23.9 Å². The number of hydrogen-bond donors (Lipinski definition) is 0. The van der Waals surface area contributed by atoms with E-state index in [9.17, 15) is 0 Å². The molecule has 1 aromatic carbocycles. The fourth-order valence-corrected chi connectivity index (χ4v) is 9.64. The number of fused-ring (bicyclic) bond motifs is 6. The van der Waals surface area contributed by atoms with E-state index in [1.807, 2.05) is 0 Å². The molecule has 0 aromatic heterocycles. The first-order chi connectivity index (χ1) is 13.9. The smallest absolute Gasteiger partial charge is 0 e. The summed E-state index contributed by atoms with van der Waals surface area (Å²) in [6.45, 7) is 12.7. The Morgan fingerprint density at radius 2 is 1.30 bits per heavy atom. The Morgan fingerprint density at radius 3 is 1.77 bits per heavy atom. The van der Waals surface area contributed by atoms with Crippen molar-refractivity contribution in [2.45, 2.75) is 87.8 Å². The van der Waals surface area contributed by atoms with Gasteiger partial charge in [-0.3, -0.25) is 9.80 Å². The Bertz CT molecular complexity index is 618. The molecule has 0 saturated carbocycles. The molecule has 4 fully saturated rings. The van der Waals surface area contributed by atoms with Crippen LogP contribution in [0.25, 0.3) is 0 Å². The zero-order valence-electron chi connectivity index (χ0n) is 20.4. The number of hydrogen-bond acceptors (Lipinski definition) is 2. The van der Waals surface area contributed by atoms with Crippen molar-refractivity contribution in [2.24, 2.45) is 11.8 Å². The van der Waals surface area contributed by atoms with Gasteiger partial charge in [-0.25, -0.2) is 0 Å². The van der Waals surface area contributed by atoms with Gasteiger partial charge in [0, 0.05) is 44.0 Å². The molecule has 1 aromatic rings. The molecule has 4 saturated heterocycles. The molecule has 30 heavy (non-hydrogen) atoms. The second kappa shape index (κ2) is 10.9. The topological polar surface area (TPSA) is 6.48 Å². The molecular weight excluding hydrogens is 420 g/mol. The van der Waals surface area contributed by atoms with Gasteiger partial charge in [-0.2, -0.15) is 0 Å². The summed E-state index contributed by atoms with van der Waals surface area (Å²) in [4.78, 5) is 5.74. The van der Waals surface area contributed by atoms with E-state index in [0.29, 0.717) is 4.25 Å². The van der Waals surface area contributed by atoms with Crippen molar-refractivity contribution in [1.29, 1.82) is 0 Å². The third-order valence-electron chi connectivity index (χ3n) is 8.29. The Kier molecular flexibility index (Phi) is 9.08. The molecule has 0 unspecified atom stereocenters. The maximum Gasteiger partial charge on any atom is 0 e. The quantitative estimate of drug-likeness (QED) is 0.554. The van der Waals surface area contributed by atoms with Gasteiger partial charge in [0.1, 0.15) is 0 Å². The molecule has 4 atom stereocenters. The number of nitrogens with zero attached hydrogens (tertiary/aromatic N) is 2. The average Bonchev–Trinajstić information content (AvgIpc) is 2.74. The van der Waals surface area contributed by atoms with Crippen LogP contribution in [0.1, 0.15) is 65.7 Å². The van der Waals surface area contributed by atoms with E-state index in [2.05, 4.69) is 66.7 Å². The standard InChI is InChI=1S/C15H26N2.C11H17Ge.Li/c1-3-7-16-11-13-9-12(14(16)5-1)10-17-8-4-2-6-15(13)17;1-11(2,3)12(4)10-8-6-5-7-9-10;/h12-15H,1-11H2;5-9H,1-4H3;/t12-,13-,14-,15+;;/m1../s1. The van der Waals surface area contributed by atoms with Crippen LogP contribution in [-0.4, -0.2) is 81.3 Å². The zero-order chi connectivity index (χ0) is 20.4. The Hall–Kier alpha value is 0.280. The molecule has 0 spiro atoms. The predicted molar refractivity (Wildman–Crippen MR) is 133 cm³/mol. The van der Waals surface area contributed by atoms with Crippen molar-refractivity contribution in [2.75, 3.05) is 26.2 Å².